The van der Waals surface area contributed by atoms with Crippen molar-refractivity contribution < 1.29 is 34.3 Å². The fourth-order valence-corrected chi connectivity index (χ4v) is 2.21. The molecule has 7 N–H and O–H groups in total. The smallest absolute Gasteiger partial charge is 0.243 e. The van der Waals surface area contributed by atoms with Gasteiger partial charge in [-0.25, -0.2) is 0 Å². The van der Waals surface area contributed by atoms with E-state index in [0.717, 1.165) is 0 Å². The van der Waals surface area contributed by atoms with Gasteiger partial charge in [0, 0.05) is 5.69 Å². The van der Waals surface area contributed by atoms with Crippen molar-refractivity contribution in [3.05, 3.63) is 24.3 Å². The Kier molecular flexibility index (Phi) is 5.74. The van der Waals surface area contributed by atoms with E-state index in [1.165, 1.54) is 0 Å². The van der Waals surface area contributed by atoms with Crippen molar-refractivity contribution in [2.45, 2.75) is 30.7 Å². The van der Waals surface area contributed by atoms with Gasteiger partial charge in [0.05, 0.1) is 6.61 Å². The van der Waals surface area contributed by atoms with E-state index in [-0.39, 0.29) is 0 Å². The maximum absolute atomic E-state index is 10.8. The maximum atomic E-state index is 10.8. The average Bonchev–Trinajstić information content (AvgIpc) is 2.51. The third-order valence-electron chi connectivity index (χ3n) is 3.37. The molecule has 5 atom stereocenters. The molecular weight excluding hydrogens is 308 g/mol. The molecule has 1 aliphatic heterocycles. The first-order valence-electron chi connectivity index (χ1n) is 6.97. The summed E-state index contributed by atoms with van der Waals surface area (Å²) in [4.78, 5) is 10.8. The third kappa shape index (κ3) is 4.30. The minimum Gasteiger partial charge on any atom is -0.462 e. The number of hydrogen-bond donors (Lipinski definition) is 5. The van der Waals surface area contributed by atoms with E-state index in [4.69, 9.17) is 25.7 Å². The number of nitrogen functional groups attached to an aromatic ring is 1. The quantitative estimate of drug-likeness (QED) is 0.374. The SMILES string of the molecule is NC(=O)CO[C@H]1[C@@H](O)[C@@H](CO)O[C@@H](Oc2ccc(N)cc2)[C@@H]1O. The summed E-state index contributed by atoms with van der Waals surface area (Å²) in [6.07, 6.45) is -6.20. The van der Waals surface area contributed by atoms with Gasteiger partial charge in [-0.15, -0.1) is 0 Å². The van der Waals surface area contributed by atoms with Crippen LogP contribution in [0.1, 0.15) is 0 Å². The Balaban J connectivity index is 2.11. The molecule has 1 amide bonds. The minimum absolute atomic E-state index is 0.366. The highest BCUT2D eigenvalue weighted by molar-refractivity contribution is 5.75. The number of anilines is 1. The van der Waals surface area contributed by atoms with Gasteiger partial charge in [-0.1, -0.05) is 0 Å². The lowest BCUT2D eigenvalue weighted by Crippen LogP contribution is -2.61. The molecule has 9 heteroatoms. The first-order chi connectivity index (χ1) is 10.9. The van der Waals surface area contributed by atoms with Crippen LogP contribution in [0.5, 0.6) is 5.75 Å². The molecule has 1 saturated heterocycles. The number of aliphatic hydroxyl groups excluding tert-OH is 3. The fraction of sp³-hybridized carbons (Fsp3) is 0.500. The number of carbonyl (C=O) groups excluding carboxylic acids is 1. The van der Waals surface area contributed by atoms with Crippen LogP contribution in [-0.4, -0.2) is 65.1 Å². The van der Waals surface area contributed by atoms with Crippen LogP contribution >= 0.6 is 0 Å². The van der Waals surface area contributed by atoms with Gasteiger partial charge >= 0.3 is 0 Å². The van der Waals surface area contributed by atoms with E-state index >= 15 is 0 Å². The monoisotopic (exact) mass is 328 g/mol. The number of amides is 1. The summed E-state index contributed by atoms with van der Waals surface area (Å²) in [5.41, 5.74) is 11.1. The molecule has 2 rings (SSSR count). The number of carbonyl (C=O) groups is 1. The zero-order valence-electron chi connectivity index (χ0n) is 12.2. The molecule has 9 nitrogen and oxygen atoms in total. The predicted octanol–water partition coefficient (Wildman–Crippen LogP) is -2.04. The van der Waals surface area contributed by atoms with Gasteiger partial charge < -0.3 is 41.0 Å². The number of rotatable bonds is 6. The minimum atomic E-state index is -1.40. The largest absolute Gasteiger partial charge is 0.462 e. The van der Waals surface area contributed by atoms with E-state index < -0.39 is 49.8 Å². The number of benzene rings is 1. The van der Waals surface area contributed by atoms with Crippen LogP contribution in [0, 0.1) is 0 Å². The van der Waals surface area contributed by atoms with Crippen LogP contribution in [0.25, 0.3) is 0 Å². The second kappa shape index (κ2) is 7.57. The van der Waals surface area contributed by atoms with E-state index in [9.17, 15) is 20.1 Å². The molecule has 23 heavy (non-hydrogen) atoms. The second-order valence-electron chi connectivity index (χ2n) is 5.14. The molecule has 1 fully saturated rings. The summed E-state index contributed by atoms with van der Waals surface area (Å²) in [6, 6.07) is 6.35. The normalized spacial score (nSPS) is 30.8. The van der Waals surface area contributed by atoms with E-state index in [2.05, 4.69) is 0 Å². The molecule has 0 bridgehead atoms. The van der Waals surface area contributed by atoms with Crippen molar-refractivity contribution >= 4 is 11.6 Å². The predicted molar refractivity (Wildman–Crippen MR) is 78.2 cm³/mol. The molecule has 0 radical (unpaired) electrons. The van der Waals surface area contributed by atoms with E-state index in [0.29, 0.717) is 11.4 Å². The zero-order chi connectivity index (χ0) is 17.0. The number of hydrogen-bond acceptors (Lipinski definition) is 8. The van der Waals surface area contributed by atoms with Gasteiger partial charge in [0.15, 0.2) is 0 Å². The summed E-state index contributed by atoms with van der Waals surface area (Å²) >= 11 is 0. The lowest BCUT2D eigenvalue weighted by atomic mass is 9.99. The van der Waals surface area contributed by atoms with Gasteiger partial charge in [-0.2, -0.15) is 0 Å². The summed E-state index contributed by atoms with van der Waals surface area (Å²) in [7, 11) is 0. The summed E-state index contributed by atoms with van der Waals surface area (Å²) in [5, 5.41) is 29.6. The number of nitrogens with two attached hydrogens (primary N) is 2. The van der Waals surface area contributed by atoms with Crippen molar-refractivity contribution in [3.63, 3.8) is 0 Å². The molecule has 1 aromatic rings. The zero-order valence-corrected chi connectivity index (χ0v) is 12.2. The van der Waals surface area contributed by atoms with Gasteiger partial charge in [0.1, 0.15) is 36.8 Å². The van der Waals surface area contributed by atoms with Crippen LogP contribution in [0.3, 0.4) is 0 Å². The average molecular weight is 328 g/mol. The first-order valence-corrected chi connectivity index (χ1v) is 6.97. The Hall–Kier alpha value is -1.91. The lowest BCUT2D eigenvalue weighted by Gasteiger charge is -2.41. The molecule has 0 aromatic heterocycles. The Morgan fingerprint density at radius 3 is 2.43 bits per heavy atom. The highest BCUT2D eigenvalue weighted by Gasteiger charge is 2.46. The number of ether oxygens (including phenoxy) is 3. The molecule has 0 saturated carbocycles. The summed E-state index contributed by atoms with van der Waals surface area (Å²) in [5.74, 6) is -0.391. The van der Waals surface area contributed by atoms with Crippen molar-refractivity contribution in [2.24, 2.45) is 5.73 Å². The third-order valence-corrected chi connectivity index (χ3v) is 3.37. The molecule has 0 aliphatic carbocycles. The molecule has 128 valence electrons. The Morgan fingerprint density at radius 2 is 1.87 bits per heavy atom. The maximum Gasteiger partial charge on any atom is 0.243 e. The Bertz CT molecular complexity index is 524. The van der Waals surface area contributed by atoms with Crippen LogP contribution < -0.4 is 16.2 Å². The highest BCUT2D eigenvalue weighted by atomic mass is 16.7. The van der Waals surface area contributed by atoms with E-state index in [1.54, 1.807) is 24.3 Å². The fourth-order valence-electron chi connectivity index (χ4n) is 2.21. The van der Waals surface area contributed by atoms with Crippen molar-refractivity contribution in [2.75, 3.05) is 18.9 Å². The van der Waals surface area contributed by atoms with Gasteiger partial charge in [0.25, 0.3) is 0 Å². The number of aliphatic hydroxyl groups is 3. The lowest BCUT2D eigenvalue weighted by molar-refractivity contribution is -0.284. The van der Waals surface area contributed by atoms with Crippen molar-refractivity contribution in [1.29, 1.82) is 0 Å². The van der Waals surface area contributed by atoms with Crippen LogP contribution in [0.2, 0.25) is 0 Å². The summed E-state index contributed by atoms with van der Waals surface area (Å²) < 4.78 is 15.9. The van der Waals surface area contributed by atoms with E-state index in [1.807, 2.05) is 0 Å². The summed E-state index contributed by atoms with van der Waals surface area (Å²) in [6.45, 7) is -1.02. The molecule has 0 unspecified atom stereocenters. The Morgan fingerprint density at radius 1 is 1.22 bits per heavy atom. The highest BCUT2D eigenvalue weighted by Crippen LogP contribution is 2.26. The standard InChI is InChI=1S/C14H20N2O7/c15-7-1-3-8(4-2-7)22-14-12(20)13(21-6-10(16)18)11(19)9(5-17)23-14/h1-4,9,11-14,17,19-20H,5-6,15H2,(H2,16,18)/t9-,11+,12-,13+,14-/m1/s1. The molecule has 1 heterocycles. The van der Waals surface area contributed by atoms with Crippen LogP contribution in [0.15, 0.2) is 24.3 Å². The van der Waals surface area contributed by atoms with Gasteiger partial charge in [0.2, 0.25) is 12.2 Å². The van der Waals surface area contributed by atoms with Crippen LogP contribution in [-0.2, 0) is 14.3 Å². The van der Waals surface area contributed by atoms with Gasteiger partial charge in [-0.3, -0.25) is 4.79 Å². The topological polar surface area (TPSA) is 157 Å². The second-order valence-corrected chi connectivity index (χ2v) is 5.14. The number of primary amides is 1. The molecule has 0 spiro atoms. The molecule has 1 aliphatic rings. The molecule has 1 aromatic carbocycles. The van der Waals surface area contributed by atoms with Gasteiger partial charge in [-0.05, 0) is 24.3 Å². The van der Waals surface area contributed by atoms with Crippen LogP contribution in [0.4, 0.5) is 5.69 Å². The Labute approximate surface area is 132 Å². The van der Waals surface area contributed by atoms with Crippen molar-refractivity contribution in [3.8, 4) is 5.75 Å². The molecular formula is C14H20N2O7. The van der Waals surface area contributed by atoms with Crippen molar-refractivity contribution in [1.82, 2.24) is 0 Å². The first kappa shape index (κ1) is 17.4.